The molecule has 0 saturated carbocycles. The molecular formula is C12H21O2. The summed E-state index contributed by atoms with van der Waals surface area (Å²) in [7, 11) is 0. The summed E-state index contributed by atoms with van der Waals surface area (Å²) < 4.78 is 5.12. The van der Waals surface area contributed by atoms with Gasteiger partial charge in [0.15, 0.2) is 6.29 Å². The van der Waals surface area contributed by atoms with Crippen molar-refractivity contribution in [3.05, 3.63) is 24.8 Å². The summed E-state index contributed by atoms with van der Waals surface area (Å²) in [5.41, 5.74) is 1.13. The molecule has 2 unspecified atom stereocenters. The maximum atomic E-state index is 11.2. The first kappa shape index (κ1) is 13.4. The Balaban J connectivity index is 3.39. The van der Waals surface area contributed by atoms with Crippen molar-refractivity contribution in [1.82, 2.24) is 0 Å². The third-order valence-electron chi connectivity index (χ3n) is 2.02. The minimum atomic E-state index is -0.909. The maximum Gasteiger partial charge on any atom is 0.191 e. The van der Waals surface area contributed by atoms with E-state index in [2.05, 4.69) is 13.2 Å². The Morgan fingerprint density at radius 2 is 2.21 bits per heavy atom. The van der Waals surface area contributed by atoms with Crippen LogP contribution in [0.25, 0.3) is 0 Å². The molecule has 0 aliphatic rings. The van der Waals surface area contributed by atoms with E-state index in [1.165, 1.54) is 0 Å². The monoisotopic (exact) mass is 197 g/mol. The maximum absolute atomic E-state index is 11.2. The average Bonchev–Trinajstić information content (AvgIpc) is 2.12. The normalized spacial score (nSPS) is 14.8. The third kappa shape index (κ3) is 8.02. The first-order valence-corrected chi connectivity index (χ1v) is 5.10. The van der Waals surface area contributed by atoms with Gasteiger partial charge in [-0.25, -0.2) is 5.11 Å². The molecule has 14 heavy (non-hydrogen) atoms. The van der Waals surface area contributed by atoms with Gasteiger partial charge in [0.1, 0.15) is 0 Å². The van der Waals surface area contributed by atoms with Gasteiger partial charge in [-0.1, -0.05) is 18.6 Å². The van der Waals surface area contributed by atoms with Gasteiger partial charge in [-0.05, 0) is 25.7 Å². The molecule has 0 fully saturated rings. The summed E-state index contributed by atoms with van der Waals surface area (Å²) >= 11 is 0. The van der Waals surface area contributed by atoms with Crippen molar-refractivity contribution in [2.24, 2.45) is 5.92 Å². The summed E-state index contributed by atoms with van der Waals surface area (Å²) in [5, 5.41) is 11.2. The molecule has 81 valence electrons. The fourth-order valence-electron chi connectivity index (χ4n) is 1.06. The van der Waals surface area contributed by atoms with Gasteiger partial charge in [0.25, 0.3) is 0 Å². The van der Waals surface area contributed by atoms with Crippen LogP contribution in [0, 0.1) is 5.92 Å². The Morgan fingerprint density at radius 1 is 1.57 bits per heavy atom. The molecule has 0 heterocycles. The fourth-order valence-corrected chi connectivity index (χ4v) is 1.06. The third-order valence-corrected chi connectivity index (χ3v) is 2.02. The Morgan fingerprint density at radius 3 is 2.71 bits per heavy atom. The van der Waals surface area contributed by atoms with Crippen LogP contribution in [-0.2, 0) is 9.84 Å². The van der Waals surface area contributed by atoms with Crippen molar-refractivity contribution in [3.8, 4) is 0 Å². The molecule has 0 aromatic carbocycles. The van der Waals surface area contributed by atoms with Gasteiger partial charge in [-0.3, -0.25) is 0 Å². The van der Waals surface area contributed by atoms with Crippen molar-refractivity contribution in [1.29, 1.82) is 0 Å². The molecule has 0 rings (SSSR count). The molecule has 0 aliphatic heterocycles. The largest absolute Gasteiger partial charge is 0.350 e. The van der Waals surface area contributed by atoms with Gasteiger partial charge in [0.05, 0.1) is 6.61 Å². The lowest BCUT2D eigenvalue weighted by atomic mass is 10.1. The van der Waals surface area contributed by atoms with Gasteiger partial charge in [0.2, 0.25) is 0 Å². The molecule has 0 aromatic heterocycles. The number of hydrogen-bond acceptors (Lipinski definition) is 1. The number of hydrogen-bond donors (Lipinski definition) is 0. The topological polar surface area (TPSA) is 29.1 Å². The van der Waals surface area contributed by atoms with Gasteiger partial charge >= 0.3 is 0 Å². The zero-order chi connectivity index (χ0) is 11.0. The van der Waals surface area contributed by atoms with Crippen LogP contribution >= 0.6 is 0 Å². The van der Waals surface area contributed by atoms with E-state index in [4.69, 9.17) is 4.74 Å². The van der Waals surface area contributed by atoms with Crippen LogP contribution in [0.5, 0.6) is 0 Å². The number of rotatable bonds is 8. The Bertz CT molecular complexity index is 175. The van der Waals surface area contributed by atoms with Crippen molar-refractivity contribution in [2.75, 3.05) is 6.61 Å². The van der Waals surface area contributed by atoms with Crippen molar-refractivity contribution in [3.63, 3.8) is 0 Å². The highest BCUT2D eigenvalue weighted by molar-refractivity contribution is 4.87. The summed E-state index contributed by atoms with van der Waals surface area (Å²) in [6, 6.07) is 0. The van der Waals surface area contributed by atoms with E-state index in [0.29, 0.717) is 13.0 Å². The standard InChI is InChI=1S/C12H21O2/c1-5-11(4)9-12(13)14-8-6-7-10(2)3/h5,11-12H,1-2,6-9H2,3-4H3. The molecule has 0 aromatic rings. The SMILES string of the molecule is C=CC(C)CC([O])OCCCC(=C)C. The predicted octanol–water partition coefficient (Wildman–Crippen LogP) is 3.33. The van der Waals surface area contributed by atoms with Gasteiger partial charge in [-0.2, -0.15) is 0 Å². The highest BCUT2D eigenvalue weighted by atomic mass is 16.6. The summed E-state index contributed by atoms with van der Waals surface area (Å²) in [4.78, 5) is 0. The van der Waals surface area contributed by atoms with Crippen LogP contribution in [0.2, 0.25) is 0 Å². The molecule has 2 nitrogen and oxygen atoms in total. The molecule has 0 saturated heterocycles. The van der Waals surface area contributed by atoms with E-state index in [9.17, 15) is 5.11 Å². The van der Waals surface area contributed by atoms with Crippen LogP contribution in [0.15, 0.2) is 24.8 Å². The van der Waals surface area contributed by atoms with Crippen LogP contribution in [0.4, 0.5) is 0 Å². The first-order valence-electron chi connectivity index (χ1n) is 5.10. The number of allylic oxidation sites excluding steroid dienone is 2. The van der Waals surface area contributed by atoms with Crippen LogP contribution in [0.1, 0.15) is 33.1 Å². The second kappa shape index (κ2) is 7.77. The lowest BCUT2D eigenvalue weighted by molar-refractivity contribution is -0.147. The van der Waals surface area contributed by atoms with Crippen LogP contribution in [0.3, 0.4) is 0 Å². The molecule has 2 atom stereocenters. The van der Waals surface area contributed by atoms with E-state index in [-0.39, 0.29) is 5.92 Å². The molecule has 2 heteroatoms. The molecule has 0 aliphatic carbocycles. The van der Waals surface area contributed by atoms with Crippen molar-refractivity contribution < 1.29 is 9.84 Å². The minimum Gasteiger partial charge on any atom is -0.350 e. The van der Waals surface area contributed by atoms with Crippen LogP contribution in [-0.4, -0.2) is 12.9 Å². The molecule has 0 N–H and O–H groups in total. The van der Waals surface area contributed by atoms with E-state index in [1.807, 2.05) is 13.8 Å². The molecule has 0 spiro atoms. The molecule has 1 radical (unpaired) electrons. The minimum absolute atomic E-state index is 0.235. The zero-order valence-electron chi connectivity index (χ0n) is 9.29. The van der Waals surface area contributed by atoms with Crippen molar-refractivity contribution >= 4 is 0 Å². The quantitative estimate of drug-likeness (QED) is 0.333. The smallest absolute Gasteiger partial charge is 0.191 e. The molecular weight excluding hydrogens is 176 g/mol. The molecule has 0 amide bonds. The average molecular weight is 197 g/mol. The highest BCUT2D eigenvalue weighted by Crippen LogP contribution is 2.09. The van der Waals surface area contributed by atoms with Gasteiger partial charge in [-0.15, -0.1) is 13.2 Å². The van der Waals surface area contributed by atoms with E-state index in [1.54, 1.807) is 6.08 Å². The predicted molar refractivity (Wildman–Crippen MR) is 58.5 cm³/mol. The lowest BCUT2D eigenvalue weighted by Crippen LogP contribution is -2.14. The van der Waals surface area contributed by atoms with Crippen LogP contribution < -0.4 is 0 Å². The summed E-state index contributed by atoms with van der Waals surface area (Å²) in [6.07, 6.45) is 3.20. The summed E-state index contributed by atoms with van der Waals surface area (Å²) in [6.45, 7) is 11.9. The Hall–Kier alpha value is -0.600. The Labute approximate surface area is 87.3 Å². The fraction of sp³-hybridized carbons (Fsp3) is 0.667. The van der Waals surface area contributed by atoms with Gasteiger partial charge < -0.3 is 4.74 Å². The zero-order valence-corrected chi connectivity index (χ0v) is 9.29. The second-order valence-electron chi connectivity index (χ2n) is 3.81. The van der Waals surface area contributed by atoms with E-state index < -0.39 is 6.29 Å². The Kier molecular flexibility index (Phi) is 7.44. The lowest BCUT2D eigenvalue weighted by Gasteiger charge is -2.12. The van der Waals surface area contributed by atoms with E-state index >= 15 is 0 Å². The highest BCUT2D eigenvalue weighted by Gasteiger charge is 2.09. The van der Waals surface area contributed by atoms with Crippen molar-refractivity contribution in [2.45, 2.75) is 39.4 Å². The van der Waals surface area contributed by atoms with Gasteiger partial charge in [0, 0.05) is 6.42 Å². The molecule has 0 bridgehead atoms. The van der Waals surface area contributed by atoms with E-state index in [0.717, 1.165) is 18.4 Å². The second-order valence-corrected chi connectivity index (χ2v) is 3.81. The summed E-state index contributed by atoms with van der Waals surface area (Å²) in [5.74, 6) is 0.235. The first-order chi connectivity index (χ1) is 6.56. The number of ether oxygens (including phenoxy) is 1.